The number of halogens is 3. The maximum absolute atomic E-state index is 13.4. The van der Waals surface area contributed by atoms with Crippen molar-refractivity contribution in [3.8, 4) is 5.69 Å². The third-order valence-electron chi connectivity index (χ3n) is 4.77. The first kappa shape index (κ1) is 23.5. The average Bonchev–Trinajstić information content (AvgIpc) is 3.16. The first-order chi connectivity index (χ1) is 14.7. The number of amides is 1. The highest BCUT2D eigenvalue weighted by Crippen LogP contribution is 2.33. The molecule has 0 radical (unpaired) electrons. The van der Waals surface area contributed by atoms with E-state index in [1.807, 2.05) is 37.4 Å². The van der Waals surface area contributed by atoms with Crippen LogP contribution in [0.15, 0.2) is 41.6 Å². The molecule has 0 aliphatic carbocycles. The van der Waals surface area contributed by atoms with Crippen LogP contribution in [-0.2, 0) is 4.79 Å². The predicted octanol–water partition coefficient (Wildman–Crippen LogP) is 5.38. The summed E-state index contributed by atoms with van der Waals surface area (Å²) in [7, 11) is 3.87. The molecule has 0 saturated carbocycles. The van der Waals surface area contributed by atoms with Gasteiger partial charge in [0.1, 0.15) is 5.82 Å². The number of rotatable bonds is 7. The number of aromatic nitrogens is 3. The van der Waals surface area contributed by atoms with E-state index in [1.54, 1.807) is 24.3 Å². The minimum absolute atomic E-state index is 0.0503. The summed E-state index contributed by atoms with van der Waals surface area (Å²) in [5.74, 6) is 0.134. The fraction of sp³-hybridized carbons (Fsp3) is 0.286. The number of hydrogen-bond donors (Lipinski definition) is 1. The third kappa shape index (κ3) is 5.38. The maximum Gasteiger partial charge on any atom is 0.234 e. The Balaban J connectivity index is 1.84. The Labute approximate surface area is 194 Å². The highest BCUT2D eigenvalue weighted by molar-refractivity contribution is 7.99. The Morgan fingerprint density at radius 1 is 1.19 bits per heavy atom. The summed E-state index contributed by atoms with van der Waals surface area (Å²) in [6.45, 7) is 3.83. The number of nitrogens with zero attached hydrogens (tertiary/aromatic N) is 4. The van der Waals surface area contributed by atoms with Gasteiger partial charge in [-0.05, 0) is 63.8 Å². The van der Waals surface area contributed by atoms with Gasteiger partial charge in [0.05, 0.1) is 27.5 Å². The molecule has 1 N–H and O–H groups in total. The summed E-state index contributed by atoms with van der Waals surface area (Å²) in [4.78, 5) is 14.6. The van der Waals surface area contributed by atoms with Gasteiger partial charge >= 0.3 is 0 Å². The summed E-state index contributed by atoms with van der Waals surface area (Å²) in [6, 6.07) is 9.48. The molecule has 0 aliphatic heterocycles. The van der Waals surface area contributed by atoms with Crippen molar-refractivity contribution < 1.29 is 9.18 Å². The molecule has 0 fully saturated rings. The summed E-state index contributed by atoms with van der Waals surface area (Å²) in [5.41, 5.74) is 1.91. The maximum atomic E-state index is 13.4. The molecule has 2 aromatic carbocycles. The number of hydrogen-bond acceptors (Lipinski definition) is 5. The molecule has 0 aliphatic rings. The normalized spacial score (nSPS) is 12.3. The number of benzene rings is 2. The molecule has 0 spiro atoms. The van der Waals surface area contributed by atoms with Gasteiger partial charge in [-0.15, -0.1) is 10.2 Å². The van der Waals surface area contributed by atoms with E-state index in [-0.39, 0.29) is 23.5 Å². The lowest BCUT2D eigenvalue weighted by Gasteiger charge is -2.20. The summed E-state index contributed by atoms with van der Waals surface area (Å²) in [5, 5.41) is 12.6. The molecular weight excluding hydrogens is 460 g/mol. The van der Waals surface area contributed by atoms with Crippen LogP contribution in [0, 0.1) is 12.7 Å². The molecule has 3 aromatic rings. The van der Waals surface area contributed by atoms with Gasteiger partial charge in [0.25, 0.3) is 0 Å². The second-order valence-electron chi connectivity index (χ2n) is 7.18. The molecule has 1 aromatic heterocycles. The fourth-order valence-electron chi connectivity index (χ4n) is 2.79. The first-order valence-corrected chi connectivity index (χ1v) is 11.2. The second-order valence-corrected chi connectivity index (χ2v) is 8.91. The van der Waals surface area contributed by atoms with E-state index in [4.69, 9.17) is 23.2 Å². The third-order valence-corrected chi connectivity index (χ3v) is 6.50. The van der Waals surface area contributed by atoms with Crippen LogP contribution in [0.1, 0.15) is 24.4 Å². The number of carbonyl (C=O) groups is 1. The van der Waals surface area contributed by atoms with E-state index in [1.165, 1.54) is 23.9 Å². The van der Waals surface area contributed by atoms with Gasteiger partial charge in [0, 0.05) is 5.69 Å². The molecule has 3 rings (SSSR count). The summed E-state index contributed by atoms with van der Waals surface area (Å²) in [6.07, 6.45) is 0. The molecule has 31 heavy (non-hydrogen) atoms. The molecule has 1 amide bonds. The topological polar surface area (TPSA) is 63.1 Å². The quantitative estimate of drug-likeness (QED) is 0.459. The zero-order valence-corrected chi connectivity index (χ0v) is 19.8. The molecule has 164 valence electrons. The van der Waals surface area contributed by atoms with Crippen molar-refractivity contribution in [2.75, 3.05) is 25.2 Å². The molecule has 0 bridgehead atoms. The van der Waals surface area contributed by atoms with E-state index in [0.717, 1.165) is 5.56 Å². The molecular formula is C21H22Cl2FN5OS. The first-order valence-electron chi connectivity index (χ1n) is 9.44. The number of thioether (sulfide) groups is 1. The lowest BCUT2D eigenvalue weighted by atomic mass is 10.2. The zero-order valence-electron chi connectivity index (χ0n) is 17.5. The van der Waals surface area contributed by atoms with Crippen molar-refractivity contribution in [1.29, 1.82) is 0 Å². The molecule has 6 nitrogen and oxygen atoms in total. The van der Waals surface area contributed by atoms with Crippen molar-refractivity contribution in [1.82, 2.24) is 19.7 Å². The standard InChI is InChI=1S/C21H22Cl2FN5OS/c1-12-5-10-16(22)19(18(12)23)25-17(30)11-31-21-27-26-20(13(2)28(3)4)29(21)15-8-6-14(24)7-9-15/h5-10,13H,11H2,1-4H3,(H,25,30)/t13-/m1/s1. The fourth-order valence-corrected chi connectivity index (χ4v) is 4.01. The number of nitrogens with one attached hydrogen (secondary N) is 1. The summed E-state index contributed by atoms with van der Waals surface area (Å²) < 4.78 is 15.3. The number of anilines is 1. The minimum Gasteiger partial charge on any atom is -0.323 e. The van der Waals surface area contributed by atoms with Gasteiger partial charge in [-0.25, -0.2) is 4.39 Å². The SMILES string of the molecule is Cc1ccc(Cl)c(NC(=O)CSc2nnc([C@@H](C)N(C)C)n2-c2ccc(F)cc2)c1Cl. The van der Waals surface area contributed by atoms with E-state index in [2.05, 4.69) is 15.5 Å². The van der Waals surface area contributed by atoms with Crippen molar-refractivity contribution in [3.05, 3.63) is 63.6 Å². The Kier molecular flexibility index (Phi) is 7.59. The van der Waals surface area contributed by atoms with E-state index < -0.39 is 0 Å². The molecule has 1 atom stereocenters. The monoisotopic (exact) mass is 481 g/mol. The van der Waals surface area contributed by atoms with Crippen molar-refractivity contribution >= 4 is 46.6 Å². The predicted molar refractivity (Wildman–Crippen MR) is 124 cm³/mol. The minimum atomic E-state index is -0.334. The van der Waals surface area contributed by atoms with Crippen LogP contribution in [-0.4, -0.2) is 45.4 Å². The Morgan fingerprint density at radius 3 is 2.52 bits per heavy atom. The van der Waals surface area contributed by atoms with Crippen LogP contribution >= 0.6 is 35.0 Å². The van der Waals surface area contributed by atoms with Gasteiger partial charge in [-0.2, -0.15) is 0 Å². The Morgan fingerprint density at radius 2 is 1.87 bits per heavy atom. The lowest BCUT2D eigenvalue weighted by Crippen LogP contribution is -2.21. The molecule has 0 unspecified atom stereocenters. The largest absolute Gasteiger partial charge is 0.323 e. The molecule has 1 heterocycles. The van der Waals surface area contributed by atoms with Gasteiger partial charge in [-0.1, -0.05) is 41.0 Å². The average molecular weight is 482 g/mol. The lowest BCUT2D eigenvalue weighted by molar-refractivity contribution is -0.113. The Bertz CT molecular complexity index is 1090. The van der Waals surface area contributed by atoms with Crippen molar-refractivity contribution in [2.24, 2.45) is 0 Å². The molecule has 10 heteroatoms. The van der Waals surface area contributed by atoms with Crippen molar-refractivity contribution in [3.63, 3.8) is 0 Å². The summed E-state index contributed by atoms with van der Waals surface area (Å²) >= 11 is 13.7. The Hall–Kier alpha value is -2.13. The van der Waals surface area contributed by atoms with E-state index >= 15 is 0 Å². The second kappa shape index (κ2) is 9.99. The van der Waals surface area contributed by atoms with Gasteiger partial charge < -0.3 is 5.32 Å². The van der Waals surface area contributed by atoms with Crippen LogP contribution in [0.2, 0.25) is 10.0 Å². The number of aryl methyl sites for hydroxylation is 1. The highest BCUT2D eigenvalue weighted by atomic mass is 35.5. The van der Waals surface area contributed by atoms with Crippen LogP contribution < -0.4 is 5.32 Å². The van der Waals surface area contributed by atoms with Gasteiger partial charge in [0.15, 0.2) is 11.0 Å². The number of carbonyl (C=O) groups excluding carboxylic acids is 1. The van der Waals surface area contributed by atoms with Gasteiger partial charge in [-0.3, -0.25) is 14.3 Å². The zero-order chi connectivity index (χ0) is 22.7. The molecule has 0 saturated heterocycles. The highest BCUT2D eigenvalue weighted by Gasteiger charge is 2.22. The van der Waals surface area contributed by atoms with Gasteiger partial charge in [0.2, 0.25) is 5.91 Å². The van der Waals surface area contributed by atoms with Crippen LogP contribution in [0.5, 0.6) is 0 Å². The van der Waals surface area contributed by atoms with E-state index in [9.17, 15) is 9.18 Å². The van der Waals surface area contributed by atoms with Crippen LogP contribution in [0.25, 0.3) is 5.69 Å². The smallest absolute Gasteiger partial charge is 0.234 e. The van der Waals surface area contributed by atoms with E-state index in [0.29, 0.717) is 32.4 Å². The van der Waals surface area contributed by atoms with Crippen molar-refractivity contribution in [2.45, 2.75) is 25.0 Å². The van der Waals surface area contributed by atoms with Crippen LogP contribution in [0.3, 0.4) is 0 Å². The van der Waals surface area contributed by atoms with Crippen LogP contribution in [0.4, 0.5) is 10.1 Å².